The van der Waals surface area contributed by atoms with Crippen molar-refractivity contribution >= 4 is 0 Å². The second-order valence-electron chi connectivity index (χ2n) is 5.99. The highest BCUT2D eigenvalue weighted by molar-refractivity contribution is 5.49. The first-order chi connectivity index (χ1) is 11.1. The fraction of sp³-hybridized carbons (Fsp3) is 0.333. The van der Waals surface area contributed by atoms with E-state index in [2.05, 4.69) is 49.9 Å². The van der Waals surface area contributed by atoms with Gasteiger partial charge in [0.05, 0.1) is 7.11 Å². The number of ether oxygens (including phenoxy) is 1. The Labute approximate surface area is 140 Å². The molecule has 0 spiro atoms. The summed E-state index contributed by atoms with van der Waals surface area (Å²) in [5, 5.41) is 0. The van der Waals surface area contributed by atoms with Crippen molar-refractivity contribution in [3.05, 3.63) is 65.2 Å². The van der Waals surface area contributed by atoms with Crippen LogP contribution in [0.2, 0.25) is 0 Å². The minimum atomic E-state index is 0.538. The lowest BCUT2D eigenvalue weighted by atomic mass is 9.99. The second-order valence-corrected chi connectivity index (χ2v) is 5.99. The summed E-state index contributed by atoms with van der Waals surface area (Å²) in [5.41, 5.74) is 3.37. The lowest BCUT2D eigenvalue weighted by Gasteiger charge is -2.20. The minimum Gasteiger partial charge on any atom is -0.497 e. The van der Waals surface area contributed by atoms with Gasteiger partial charge in [0.25, 0.3) is 0 Å². The number of benzene rings is 2. The molecule has 0 heterocycles. The van der Waals surface area contributed by atoms with Gasteiger partial charge in [-0.1, -0.05) is 30.0 Å². The Kier molecular flexibility index (Phi) is 6.26. The molecule has 2 aromatic carbocycles. The van der Waals surface area contributed by atoms with E-state index >= 15 is 0 Å². The van der Waals surface area contributed by atoms with Crippen molar-refractivity contribution in [2.75, 3.05) is 21.2 Å². The Hall–Kier alpha value is -2.24. The van der Waals surface area contributed by atoms with Crippen LogP contribution in [-0.4, -0.2) is 32.1 Å². The molecule has 0 saturated carbocycles. The monoisotopic (exact) mass is 307 g/mol. The van der Waals surface area contributed by atoms with Gasteiger partial charge in [0.1, 0.15) is 5.75 Å². The van der Waals surface area contributed by atoms with Gasteiger partial charge in [0.2, 0.25) is 0 Å². The van der Waals surface area contributed by atoms with Gasteiger partial charge in [0.15, 0.2) is 0 Å². The third-order valence-corrected chi connectivity index (χ3v) is 4.14. The molecule has 0 bridgehead atoms. The van der Waals surface area contributed by atoms with E-state index in [1.165, 1.54) is 5.56 Å². The van der Waals surface area contributed by atoms with Crippen LogP contribution < -0.4 is 4.74 Å². The van der Waals surface area contributed by atoms with E-state index in [-0.39, 0.29) is 0 Å². The fourth-order valence-electron chi connectivity index (χ4n) is 2.31. The third kappa shape index (κ3) is 5.16. The molecule has 0 aliphatic heterocycles. The summed E-state index contributed by atoms with van der Waals surface area (Å²) < 4.78 is 5.37. The third-order valence-electron chi connectivity index (χ3n) is 4.14. The first kappa shape index (κ1) is 17.1. The highest BCUT2D eigenvalue weighted by atomic mass is 16.5. The number of aryl methyl sites for hydroxylation is 1. The van der Waals surface area contributed by atoms with Gasteiger partial charge in [-0.2, -0.15) is 0 Å². The molecule has 0 aromatic heterocycles. The van der Waals surface area contributed by atoms with Crippen molar-refractivity contribution in [2.24, 2.45) is 0 Å². The molecular weight excluding hydrogens is 282 g/mol. The molecule has 0 radical (unpaired) electrons. The van der Waals surface area contributed by atoms with Crippen LogP contribution in [0.1, 0.15) is 30.0 Å². The van der Waals surface area contributed by atoms with E-state index in [0.29, 0.717) is 6.04 Å². The Morgan fingerprint density at radius 2 is 1.78 bits per heavy atom. The van der Waals surface area contributed by atoms with Crippen molar-refractivity contribution in [2.45, 2.75) is 25.8 Å². The zero-order chi connectivity index (χ0) is 16.7. The van der Waals surface area contributed by atoms with E-state index in [1.54, 1.807) is 7.11 Å². The molecule has 2 nitrogen and oxygen atoms in total. The molecule has 0 saturated heterocycles. The molecule has 0 aliphatic rings. The van der Waals surface area contributed by atoms with Gasteiger partial charge in [-0.05, 0) is 69.8 Å². The van der Waals surface area contributed by atoms with Crippen LogP contribution in [0.25, 0.3) is 0 Å². The molecule has 0 aliphatic carbocycles. The first-order valence-corrected chi connectivity index (χ1v) is 8.00. The summed E-state index contributed by atoms with van der Waals surface area (Å²) in [5.74, 6) is 7.45. The smallest absolute Gasteiger partial charge is 0.119 e. The number of rotatable bonds is 5. The minimum absolute atomic E-state index is 0.538. The van der Waals surface area contributed by atoms with Gasteiger partial charge in [-0.3, -0.25) is 0 Å². The van der Waals surface area contributed by atoms with Crippen LogP contribution in [0.15, 0.2) is 48.5 Å². The molecule has 2 rings (SSSR count). The van der Waals surface area contributed by atoms with Gasteiger partial charge < -0.3 is 9.64 Å². The van der Waals surface area contributed by atoms with Crippen molar-refractivity contribution in [3.63, 3.8) is 0 Å². The number of nitrogens with zero attached hydrogens (tertiary/aromatic N) is 1. The Morgan fingerprint density at radius 1 is 1.04 bits per heavy atom. The summed E-state index contributed by atoms with van der Waals surface area (Å²) >= 11 is 0. The predicted molar refractivity (Wildman–Crippen MR) is 96.9 cm³/mol. The van der Waals surface area contributed by atoms with E-state index in [4.69, 9.17) is 4.74 Å². The van der Waals surface area contributed by atoms with E-state index in [9.17, 15) is 0 Å². The first-order valence-electron chi connectivity index (χ1n) is 8.00. The molecule has 1 atom stereocenters. The maximum Gasteiger partial charge on any atom is 0.119 e. The molecule has 120 valence electrons. The Bertz CT molecular complexity index is 680. The molecule has 2 heteroatoms. The standard InChI is InChI=1S/C21H25NO/c1-17(22(2)3)10-12-20-16-21(23-4)15-14-19(20)13-11-18-8-6-5-7-9-18/h5-9,14-17H,10,12H2,1-4H3. The summed E-state index contributed by atoms with van der Waals surface area (Å²) in [6, 6.07) is 16.8. The highest BCUT2D eigenvalue weighted by Gasteiger charge is 2.08. The van der Waals surface area contributed by atoms with Crippen LogP contribution in [0.5, 0.6) is 5.75 Å². The molecule has 2 aromatic rings. The lowest BCUT2D eigenvalue weighted by Crippen LogP contribution is -2.25. The summed E-state index contributed by atoms with van der Waals surface area (Å²) in [4.78, 5) is 2.25. The van der Waals surface area contributed by atoms with Crippen molar-refractivity contribution in [1.29, 1.82) is 0 Å². The Balaban J connectivity index is 2.23. The van der Waals surface area contributed by atoms with Crippen LogP contribution in [0.3, 0.4) is 0 Å². The topological polar surface area (TPSA) is 12.5 Å². The van der Waals surface area contributed by atoms with Crippen LogP contribution in [0.4, 0.5) is 0 Å². The second kappa shape index (κ2) is 8.41. The van der Waals surface area contributed by atoms with Crippen molar-refractivity contribution in [1.82, 2.24) is 4.90 Å². The molecule has 0 fully saturated rings. The number of hydrogen-bond donors (Lipinski definition) is 0. The van der Waals surface area contributed by atoms with E-state index in [0.717, 1.165) is 29.7 Å². The molecular formula is C21H25NO. The molecule has 0 N–H and O–H groups in total. The number of methoxy groups -OCH3 is 1. The predicted octanol–water partition coefficient (Wildman–Crippen LogP) is 3.98. The quantitative estimate of drug-likeness (QED) is 0.775. The summed E-state index contributed by atoms with van der Waals surface area (Å²) in [6.07, 6.45) is 2.09. The number of hydrogen-bond acceptors (Lipinski definition) is 2. The van der Waals surface area contributed by atoms with Gasteiger partial charge in [-0.15, -0.1) is 0 Å². The molecule has 23 heavy (non-hydrogen) atoms. The largest absolute Gasteiger partial charge is 0.497 e. The SMILES string of the molecule is COc1ccc(C#Cc2ccccc2)c(CCC(C)N(C)C)c1. The molecule has 0 amide bonds. The maximum atomic E-state index is 5.37. The van der Waals surface area contributed by atoms with E-state index in [1.807, 2.05) is 36.4 Å². The zero-order valence-corrected chi connectivity index (χ0v) is 14.5. The van der Waals surface area contributed by atoms with E-state index < -0.39 is 0 Å². The summed E-state index contributed by atoms with van der Waals surface area (Å²) in [6.45, 7) is 2.25. The summed E-state index contributed by atoms with van der Waals surface area (Å²) in [7, 11) is 5.94. The lowest BCUT2D eigenvalue weighted by molar-refractivity contribution is 0.299. The van der Waals surface area contributed by atoms with Gasteiger partial charge in [-0.25, -0.2) is 0 Å². The fourth-order valence-corrected chi connectivity index (χ4v) is 2.31. The van der Waals surface area contributed by atoms with Crippen LogP contribution in [0, 0.1) is 11.8 Å². The zero-order valence-electron chi connectivity index (χ0n) is 14.5. The van der Waals surface area contributed by atoms with Gasteiger partial charge in [0, 0.05) is 17.2 Å². The average molecular weight is 307 g/mol. The normalized spacial score (nSPS) is 11.7. The van der Waals surface area contributed by atoms with Gasteiger partial charge >= 0.3 is 0 Å². The van der Waals surface area contributed by atoms with Crippen molar-refractivity contribution < 1.29 is 4.74 Å². The Morgan fingerprint density at radius 3 is 2.43 bits per heavy atom. The van der Waals surface area contributed by atoms with Crippen LogP contribution in [-0.2, 0) is 6.42 Å². The molecule has 1 unspecified atom stereocenters. The highest BCUT2D eigenvalue weighted by Crippen LogP contribution is 2.20. The van der Waals surface area contributed by atoms with Crippen LogP contribution >= 0.6 is 0 Å². The average Bonchev–Trinajstić information content (AvgIpc) is 2.58. The maximum absolute atomic E-state index is 5.37. The van der Waals surface area contributed by atoms with Crippen molar-refractivity contribution in [3.8, 4) is 17.6 Å².